The third kappa shape index (κ3) is 2.93. The van der Waals surface area contributed by atoms with Crippen LogP contribution in [0, 0.1) is 12.8 Å². The largest absolute Gasteiger partial charge is 0.459 e. The van der Waals surface area contributed by atoms with Crippen LogP contribution in [0.15, 0.2) is 54.6 Å². The number of esters is 1. The van der Waals surface area contributed by atoms with Crippen molar-refractivity contribution < 1.29 is 9.53 Å². The average molecular weight is 350 g/mol. The Kier molecular flexibility index (Phi) is 4.55. The number of carbonyl (C=O) groups excluding carboxylic acids is 1. The molecule has 4 heteroatoms. The van der Waals surface area contributed by atoms with E-state index in [1.165, 1.54) is 0 Å². The standard InChI is InChI=1S/C22H26N2O2/c1-16-7-5-6-10-19(16)22(23,18-8-3-2-4-9-18)21(25)26-20-15-24-13-11-17(20)12-14-24/h2-10,17,20H,11-15,23H2,1H3/t20-,22?/m0/s1. The molecule has 3 aliphatic heterocycles. The summed E-state index contributed by atoms with van der Waals surface area (Å²) in [5.74, 6) is 0.109. The number of aryl methyl sites for hydroxylation is 1. The van der Waals surface area contributed by atoms with Gasteiger partial charge in [0, 0.05) is 6.54 Å². The molecule has 0 amide bonds. The monoisotopic (exact) mass is 350 g/mol. The van der Waals surface area contributed by atoms with Crippen LogP contribution in [0.1, 0.15) is 29.5 Å². The number of hydrogen-bond donors (Lipinski definition) is 1. The van der Waals surface area contributed by atoms with E-state index in [1.54, 1.807) is 0 Å². The van der Waals surface area contributed by atoms with Crippen molar-refractivity contribution in [1.82, 2.24) is 4.90 Å². The van der Waals surface area contributed by atoms with Crippen LogP contribution >= 0.6 is 0 Å². The van der Waals surface area contributed by atoms with Crippen molar-refractivity contribution in [3.8, 4) is 0 Å². The van der Waals surface area contributed by atoms with Gasteiger partial charge in [0.2, 0.25) is 0 Å². The lowest BCUT2D eigenvalue weighted by molar-refractivity contribution is -0.164. The Morgan fingerprint density at radius 3 is 2.35 bits per heavy atom. The van der Waals surface area contributed by atoms with Crippen molar-refractivity contribution >= 4 is 5.97 Å². The number of benzene rings is 2. The zero-order valence-corrected chi connectivity index (χ0v) is 15.2. The lowest BCUT2D eigenvalue weighted by atomic mass is 9.81. The molecule has 0 spiro atoms. The van der Waals surface area contributed by atoms with Crippen LogP contribution in [0.3, 0.4) is 0 Å². The second-order valence-electron chi connectivity index (χ2n) is 7.57. The molecule has 4 nitrogen and oxygen atoms in total. The summed E-state index contributed by atoms with van der Waals surface area (Å²) in [7, 11) is 0. The van der Waals surface area contributed by atoms with Gasteiger partial charge in [-0.15, -0.1) is 0 Å². The molecule has 1 unspecified atom stereocenters. The van der Waals surface area contributed by atoms with E-state index in [0.717, 1.165) is 49.2 Å². The second-order valence-corrected chi connectivity index (χ2v) is 7.57. The molecule has 2 N–H and O–H groups in total. The SMILES string of the molecule is Cc1ccccc1C(N)(C(=O)O[C@H]1CN2CCC1CC2)c1ccccc1. The Hall–Kier alpha value is -2.17. The minimum absolute atomic E-state index is 0.0549. The first-order chi connectivity index (χ1) is 12.6. The number of fused-ring (bicyclic) bond motifs is 3. The fraction of sp³-hybridized carbons (Fsp3) is 0.409. The fourth-order valence-corrected chi connectivity index (χ4v) is 4.37. The maximum Gasteiger partial charge on any atom is 0.335 e. The van der Waals surface area contributed by atoms with Gasteiger partial charge >= 0.3 is 5.97 Å². The minimum Gasteiger partial charge on any atom is -0.459 e. The van der Waals surface area contributed by atoms with Gasteiger partial charge in [0.25, 0.3) is 0 Å². The number of carbonyl (C=O) groups is 1. The van der Waals surface area contributed by atoms with Crippen molar-refractivity contribution in [3.63, 3.8) is 0 Å². The molecule has 2 aromatic carbocycles. The first-order valence-electron chi connectivity index (χ1n) is 9.43. The molecule has 0 radical (unpaired) electrons. The van der Waals surface area contributed by atoms with E-state index < -0.39 is 5.54 Å². The summed E-state index contributed by atoms with van der Waals surface area (Å²) in [6.45, 7) is 5.04. The maximum atomic E-state index is 13.4. The molecular weight excluding hydrogens is 324 g/mol. The highest BCUT2D eigenvalue weighted by molar-refractivity contribution is 5.87. The highest BCUT2D eigenvalue weighted by Gasteiger charge is 2.44. The number of ether oxygens (including phenoxy) is 1. The second kappa shape index (κ2) is 6.86. The van der Waals surface area contributed by atoms with Crippen molar-refractivity contribution in [2.24, 2.45) is 11.7 Å². The van der Waals surface area contributed by atoms with Gasteiger partial charge in [-0.05, 0) is 55.5 Å². The molecular formula is C22H26N2O2. The molecule has 3 fully saturated rings. The summed E-state index contributed by atoms with van der Waals surface area (Å²) >= 11 is 0. The summed E-state index contributed by atoms with van der Waals surface area (Å²) in [6.07, 6.45) is 2.15. The smallest absolute Gasteiger partial charge is 0.335 e. The van der Waals surface area contributed by atoms with E-state index in [4.69, 9.17) is 10.5 Å². The number of rotatable bonds is 4. The molecule has 2 bridgehead atoms. The number of hydrogen-bond acceptors (Lipinski definition) is 4. The lowest BCUT2D eigenvalue weighted by Gasteiger charge is -2.45. The summed E-state index contributed by atoms with van der Waals surface area (Å²) in [4.78, 5) is 15.8. The molecule has 0 aliphatic carbocycles. The summed E-state index contributed by atoms with van der Waals surface area (Å²) in [5, 5.41) is 0. The molecule has 3 heterocycles. The Morgan fingerprint density at radius 1 is 1.08 bits per heavy atom. The highest BCUT2D eigenvalue weighted by atomic mass is 16.5. The van der Waals surface area contributed by atoms with Gasteiger partial charge in [-0.3, -0.25) is 4.90 Å². The quantitative estimate of drug-likeness (QED) is 0.862. The van der Waals surface area contributed by atoms with Crippen molar-refractivity contribution in [2.45, 2.75) is 31.4 Å². The summed E-state index contributed by atoms with van der Waals surface area (Å²) in [6, 6.07) is 17.4. The van der Waals surface area contributed by atoms with E-state index in [-0.39, 0.29) is 12.1 Å². The third-order valence-corrected chi connectivity index (χ3v) is 5.98. The van der Waals surface area contributed by atoms with Crippen molar-refractivity contribution in [2.75, 3.05) is 19.6 Å². The lowest BCUT2D eigenvalue weighted by Crippen LogP contribution is -2.55. The number of piperidine rings is 3. The molecule has 2 aromatic rings. The van der Waals surface area contributed by atoms with Gasteiger partial charge in [-0.25, -0.2) is 4.79 Å². The van der Waals surface area contributed by atoms with Gasteiger partial charge in [-0.2, -0.15) is 0 Å². The van der Waals surface area contributed by atoms with E-state index in [0.29, 0.717) is 5.92 Å². The van der Waals surface area contributed by atoms with Gasteiger partial charge in [-0.1, -0.05) is 54.6 Å². The molecule has 5 rings (SSSR count). The average Bonchev–Trinajstić information content (AvgIpc) is 2.69. The fourth-order valence-electron chi connectivity index (χ4n) is 4.37. The maximum absolute atomic E-state index is 13.4. The van der Waals surface area contributed by atoms with E-state index >= 15 is 0 Å². The van der Waals surface area contributed by atoms with Gasteiger partial charge in [0.15, 0.2) is 5.54 Å². The van der Waals surface area contributed by atoms with Crippen LogP contribution in [-0.4, -0.2) is 36.6 Å². The minimum atomic E-state index is -1.29. The molecule has 136 valence electrons. The molecule has 3 saturated heterocycles. The van der Waals surface area contributed by atoms with Gasteiger partial charge < -0.3 is 10.5 Å². The number of nitrogens with two attached hydrogens (primary N) is 1. The first-order valence-corrected chi connectivity index (χ1v) is 9.43. The van der Waals surface area contributed by atoms with Gasteiger partial charge in [0.05, 0.1) is 0 Å². The van der Waals surface area contributed by atoms with Crippen LogP contribution in [0.5, 0.6) is 0 Å². The Labute approximate surface area is 155 Å². The van der Waals surface area contributed by atoms with Crippen LogP contribution in [-0.2, 0) is 15.1 Å². The zero-order valence-electron chi connectivity index (χ0n) is 15.2. The first kappa shape index (κ1) is 17.3. The topological polar surface area (TPSA) is 55.6 Å². The van der Waals surface area contributed by atoms with Crippen molar-refractivity contribution in [3.05, 3.63) is 71.3 Å². The zero-order chi connectivity index (χ0) is 18.1. The van der Waals surface area contributed by atoms with Gasteiger partial charge in [0.1, 0.15) is 6.10 Å². The molecule has 3 aliphatic rings. The molecule has 0 saturated carbocycles. The molecule has 0 aromatic heterocycles. The molecule has 2 atom stereocenters. The van der Waals surface area contributed by atoms with Crippen molar-refractivity contribution in [1.29, 1.82) is 0 Å². The predicted molar refractivity (Wildman–Crippen MR) is 102 cm³/mol. The highest BCUT2D eigenvalue weighted by Crippen LogP contribution is 2.34. The van der Waals surface area contributed by atoms with Crippen LogP contribution < -0.4 is 5.73 Å². The molecule has 26 heavy (non-hydrogen) atoms. The Morgan fingerprint density at radius 2 is 1.73 bits per heavy atom. The third-order valence-electron chi connectivity index (χ3n) is 5.98. The summed E-state index contributed by atoms with van der Waals surface area (Å²) < 4.78 is 6.05. The Balaban J connectivity index is 1.69. The van der Waals surface area contributed by atoms with Crippen LogP contribution in [0.25, 0.3) is 0 Å². The van der Waals surface area contributed by atoms with E-state index in [1.807, 2.05) is 61.5 Å². The predicted octanol–water partition coefficient (Wildman–Crippen LogP) is 2.83. The number of nitrogens with zero attached hydrogens (tertiary/aromatic N) is 1. The Bertz CT molecular complexity index is 784. The van der Waals surface area contributed by atoms with E-state index in [2.05, 4.69) is 4.90 Å². The van der Waals surface area contributed by atoms with Crippen LogP contribution in [0.2, 0.25) is 0 Å². The van der Waals surface area contributed by atoms with E-state index in [9.17, 15) is 4.79 Å². The summed E-state index contributed by atoms with van der Waals surface area (Å²) in [5.41, 5.74) is 8.08. The normalized spacial score (nSPS) is 26.9. The van der Waals surface area contributed by atoms with Crippen LogP contribution in [0.4, 0.5) is 0 Å².